The van der Waals surface area contributed by atoms with Gasteiger partial charge in [-0.05, 0) is 82.4 Å². The predicted octanol–water partition coefficient (Wildman–Crippen LogP) is 1.57. The number of nitrogens with one attached hydrogen (secondary N) is 2. The van der Waals surface area contributed by atoms with E-state index in [2.05, 4.69) is 78.5 Å². The van der Waals surface area contributed by atoms with Crippen molar-refractivity contribution in [2.24, 2.45) is 0 Å². The molecule has 21 heteroatoms. The number of aromatic nitrogens is 5. The first kappa shape index (κ1) is 38.3. The number of anilines is 2. The molecule has 3 aromatic heterocycles. The zero-order chi connectivity index (χ0) is 29.5. The van der Waals surface area contributed by atoms with Crippen molar-refractivity contribution in [3.63, 3.8) is 0 Å². The molecule has 43 heavy (non-hydrogen) atoms. The largest absolute Gasteiger partial charge is 1.00 e. The van der Waals surface area contributed by atoms with Crippen LogP contribution in [0.3, 0.4) is 0 Å². The van der Waals surface area contributed by atoms with Crippen LogP contribution in [0.4, 0.5) is 10.3 Å². The summed E-state index contributed by atoms with van der Waals surface area (Å²) >= 11 is 8.78. The molecule has 0 saturated heterocycles. The van der Waals surface area contributed by atoms with Gasteiger partial charge in [-0.15, -0.1) is 12.4 Å². The number of rotatable bonds is 5. The molecule has 4 aromatic rings. The predicted molar refractivity (Wildman–Crippen MR) is 170 cm³/mol. The summed E-state index contributed by atoms with van der Waals surface area (Å²) in [5, 5.41) is 0.252. The van der Waals surface area contributed by atoms with Crippen molar-refractivity contribution in [1.29, 1.82) is 0 Å². The van der Waals surface area contributed by atoms with E-state index in [1.54, 1.807) is 22.0 Å². The van der Waals surface area contributed by atoms with Gasteiger partial charge in [-0.25, -0.2) is 28.1 Å². The van der Waals surface area contributed by atoms with Crippen LogP contribution >= 0.6 is 67.3 Å². The molecule has 1 aromatic carbocycles. The average molecular weight is 827 g/mol. The van der Waals surface area contributed by atoms with Crippen molar-refractivity contribution in [2.75, 3.05) is 16.0 Å². The maximum absolute atomic E-state index is 12.3. The number of benzene rings is 1. The summed E-state index contributed by atoms with van der Waals surface area (Å²) in [7, 11) is -8.05. The van der Waals surface area contributed by atoms with E-state index in [1.165, 1.54) is 40.8 Å². The molecule has 13 nitrogen and oxygen atoms in total. The van der Waals surface area contributed by atoms with Crippen LogP contribution in [0.25, 0.3) is 0 Å². The number of hydrogen-bond acceptors (Lipinski definition) is 12. The van der Waals surface area contributed by atoms with Crippen LogP contribution < -0.4 is 39.0 Å². The third-order valence-electron chi connectivity index (χ3n) is 5.89. The minimum Gasteiger partial charge on any atom is -0.731 e. The zero-order valence-corrected chi connectivity index (χ0v) is 31.8. The molecular weight excluding hydrogens is 803 g/mol. The quantitative estimate of drug-likeness (QED) is 0.170. The van der Waals surface area contributed by atoms with Gasteiger partial charge < -0.3 is 4.55 Å². The molecule has 0 radical (unpaired) electrons. The zero-order valence-electron chi connectivity index (χ0n) is 22.5. The number of pyridine rings is 1. The maximum Gasteiger partial charge on any atom is 1.00 e. The van der Waals surface area contributed by atoms with E-state index in [0.29, 0.717) is 19.5 Å². The van der Waals surface area contributed by atoms with Crippen LogP contribution in [0.1, 0.15) is 35.1 Å². The molecule has 1 aliphatic carbocycles. The number of aryl methyl sites for hydroxylation is 1. The van der Waals surface area contributed by atoms with E-state index in [9.17, 15) is 21.4 Å². The molecule has 2 aliphatic rings. The first-order chi connectivity index (χ1) is 19.5. The van der Waals surface area contributed by atoms with Crippen LogP contribution in [0.2, 0.25) is 0 Å². The fraction of sp³-hybridized carbons (Fsp3) is 0.318. The normalized spacial score (nSPS) is 14.1. The first-order valence-corrected chi connectivity index (χ1v) is 17.9. The number of fused-ring (bicyclic) bond motifs is 2. The van der Waals surface area contributed by atoms with Gasteiger partial charge in [0.2, 0.25) is 10.3 Å². The van der Waals surface area contributed by atoms with Gasteiger partial charge in [0.05, 0.1) is 0 Å². The first-order valence-electron chi connectivity index (χ1n) is 12.0. The molecule has 2 N–H and O–H groups in total. The summed E-state index contributed by atoms with van der Waals surface area (Å²) in [4.78, 5) is 11.4. The van der Waals surface area contributed by atoms with Crippen molar-refractivity contribution in [3.8, 4) is 0 Å². The van der Waals surface area contributed by atoms with E-state index in [4.69, 9.17) is 0 Å². The third-order valence-corrected chi connectivity index (χ3v) is 10.6. The molecule has 228 valence electrons. The Hall–Kier alpha value is -0.840. The second kappa shape index (κ2) is 17.7. The van der Waals surface area contributed by atoms with Gasteiger partial charge in [-0.2, -0.15) is 21.5 Å². The van der Waals surface area contributed by atoms with Crippen molar-refractivity contribution >= 4 is 98.1 Å². The Labute approximate surface area is 303 Å². The Kier molecular flexibility index (Phi) is 15.8. The van der Waals surface area contributed by atoms with Crippen molar-refractivity contribution in [1.82, 2.24) is 28.0 Å². The average Bonchev–Trinajstić information content (AvgIpc) is 3.63. The molecule has 0 unspecified atom stereocenters. The van der Waals surface area contributed by atoms with Gasteiger partial charge in [-0.1, -0.05) is 28.1 Å². The van der Waals surface area contributed by atoms with Gasteiger partial charge in [0.25, 0.3) is 0 Å². The third kappa shape index (κ3) is 11.8. The molecule has 6 rings (SSSR count). The molecule has 0 fully saturated rings. The topological polar surface area (TPSA) is 183 Å². The molecule has 0 amide bonds. The Morgan fingerprint density at radius 2 is 1.49 bits per heavy atom. The van der Waals surface area contributed by atoms with E-state index in [0.717, 1.165) is 45.1 Å². The summed E-state index contributed by atoms with van der Waals surface area (Å²) in [5.41, 5.74) is 5.11. The van der Waals surface area contributed by atoms with Gasteiger partial charge in [0, 0.05) is 46.8 Å². The smallest absolute Gasteiger partial charge is 0.731 e. The fourth-order valence-corrected chi connectivity index (χ4v) is 8.06. The molecule has 4 heterocycles. The Morgan fingerprint density at radius 1 is 0.837 bits per heavy atom. The van der Waals surface area contributed by atoms with E-state index >= 15 is 0 Å². The fourth-order valence-electron chi connectivity index (χ4n) is 4.08. The summed E-state index contributed by atoms with van der Waals surface area (Å²) in [6.45, 7) is 0.732. The second-order valence-electron chi connectivity index (χ2n) is 8.56. The summed E-state index contributed by atoms with van der Waals surface area (Å²) in [5.74, 6) is 0. The van der Waals surface area contributed by atoms with Gasteiger partial charge in [-0.3, -0.25) is 4.72 Å². The Bertz CT molecular complexity index is 1670. The molecule has 0 bridgehead atoms. The van der Waals surface area contributed by atoms with Crippen LogP contribution in [0.5, 0.6) is 0 Å². The molecule has 1 aliphatic heterocycles. The van der Waals surface area contributed by atoms with Crippen LogP contribution in [-0.2, 0) is 46.3 Å². The van der Waals surface area contributed by atoms with E-state index < -0.39 is 20.5 Å². The minimum atomic E-state index is -4.44. The van der Waals surface area contributed by atoms with Crippen molar-refractivity contribution in [2.45, 2.75) is 38.6 Å². The van der Waals surface area contributed by atoms with E-state index in [1.807, 2.05) is 6.07 Å². The number of hydrogen-bond donors (Lipinski definition) is 2. The molecule has 0 saturated carbocycles. The van der Waals surface area contributed by atoms with Gasteiger partial charge in [0.15, 0.2) is 10.3 Å². The summed E-state index contributed by atoms with van der Waals surface area (Å²) in [6, 6.07) is 8.37. The van der Waals surface area contributed by atoms with Crippen molar-refractivity contribution in [3.05, 3.63) is 74.4 Å². The summed E-state index contributed by atoms with van der Waals surface area (Å²) < 4.78 is 69.2. The monoisotopic (exact) mass is 824 g/mol. The van der Waals surface area contributed by atoms with Crippen LogP contribution in [0.15, 0.2) is 52.2 Å². The van der Waals surface area contributed by atoms with Crippen LogP contribution in [-0.4, -0.2) is 55.9 Å². The summed E-state index contributed by atoms with van der Waals surface area (Å²) in [6.07, 6.45) is 10.0. The number of halogens is 3. The number of nitrogens with zero attached hydrogens (tertiary/aromatic N) is 6. The second-order valence-corrected chi connectivity index (χ2v) is 14.5. The van der Waals surface area contributed by atoms with Gasteiger partial charge in [0.1, 0.15) is 17.3 Å². The molecule has 0 atom stereocenters. The molecule has 0 spiro atoms. The SMILES string of the molecule is Brc1cccc2c1CCCC2.Cl.O=S(=O)(Nc1ncns1)N1CCc2c(ccnc2Br)C1.O=S(=O)([O-])Nc1ncns1.[Na+]. The van der Waals surface area contributed by atoms with Crippen molar-refractivity contribution < 1.29 is 50.9 Å². The van der Waals surface area contributed by atoms with Gasteiger partial charge >= 0.3 is 39.8 Å². The maximum atomic E-state index is 12.3. The molecular formula is C22H24Br2ClN8NaO5S4. The Morgan fingerprint density at radius 3 is 2.09 bits per heavy atom. The Balaban J connectivity index is 0.000000240. The minimum absolute atomic E-state index is 0. The standard InChI is InChI=1S/C10H10BrN5O2S2.C10H11Br.C2H3N3O3S2.ClH.Na/c11-9-8-2-4-16(5-7(8)1-3-12-9)20(17,18)15-10-13-6-14-19-10;11-10-7-3-5-8-4-1-2-6-9(8)10;6-10(7,8)5-2-3-1-4-9-2;;/h1,3,6H,2,4-5H2,(H,13,14,15);3,5,7H,1-2,4,6H2;1H,(H,3,4,5)(H,6,7,8);1H;/q;;;;+1/p-1. The van der Waals surface area contributed by atoms with E-state index in [-0.39, 0.29) is 52.2 Å². The van der Waals surface area contributed by atoms with Crippen LogP contribution in [0, 0.1) is 0 Å².